The van der Waals surface area contributed by atoms with Crippen LogP contribution in [-0.2, 0) is 6.54 Å². The van der Waals surface area contributed by atoms with Gasteiger partial charge in [0.25, 0.3) is 0 Å². The summed E-state index contributed by atoms with van der Waals surface area (Å²) in [5, 5.41) is 2.53. The van der Waals surface area contributed by atoms with Crippen molar-refractivity contribution >= 4 is 21.7 Å². The highest BCUT2D eigenvalue weighted by atomic mass is 16.5. The van der Waals surface area contributed by atoms with Crippen LogP contribution >= 0.6 is 0 Å². The summed E-state index contributed by atoms with van der Waals surface area (Å²) in [6.07, 6.45) is 0. The smallest absolute Gasteiger partial charge is 0.344 e. The number of ether oxygens (including phenoxy) is 1. The molecule has 1 aliphatic heterocycles. The van der Waals surface area contributed by atoms with E-state index in [4.69, 9.17) is 9.15 Å². The van der Waals surface area contributed by atoms with Crippen LogP contribution in [0, 0.1) is 6.92 Å². The average molecular weight is 372 g/mol. The lowest BCUT2D eigenvalue weighted by atomic mass is 9.99. The molecule has 28 heavy (non-hydrogen) atoms. The van der Waals surface area contributed by atoms with E-state index < -0.39 is 0 Å². The van der Waals surface area contributed by atoms with Gasteiger partial charge in [0.1, 0.15) is 23.9 Å². The molecule has 0 saturated heterocycles. The molecule has 1 N–H and O–H groups in total. The van der Waals surface area contributed by atoms with E-state index >= 15 is 0 Å². The molecule has 2 atom stereocenters. The lowest BCUT2D eigenvalue weighted by molar-refractivity contribution is -0.960. The molecule has 5 rings (SSSR count). The summed E-state index contributed by atoms with van der Waals surface area (Å²) < 4.78 is 11.8. The number of benzene rings is 3. The fraction of sp³-hybridized carbons (Fsp3) is 0.208. The molecule has 0 saturated carbocycles. The van der Waals surface area contributed by atoms with Gasteiger partial charge in [-0.25, -0.2) is 4.79 Å². The zero-order chi connectivity index (χ0) is 19.3. The molecule has 1 unspecified atom stereocenters. The molecule has 4 aromatic rings. The Morgan fingerprint density at radius 2 is 1.68 bits per heavy atom. The molecule has 0 aliphatic carbocycles. The van der Waals surface area contributed by atoms with Gasteiger partial charge in [0.05, 0.1) is 5.39 Å². The first-order valence-corrected chi connectivity index (χ1v) is 9.64. The van der Waals surface area contributed by atoms with Gasteiger partial charge in [-0.05, 0) is 31.4 Å². The minimum absolute atomic E-state index is 0.299. The largest absolute Gasteiger partial charge is 0.444 e. The molecular formula is C24H22NO3+. The van der Waals surface area contributed by atoms with Crippen molar-refractivity contribution in [1.82, 2.24) is 0 Å². The van der Waals surface area contributed by atoms with Crippen LogP contribution in [-0.4, -0.2) is 6.73 Å². The van der Waals surface area contributed by atoms with E-state index in [0.29, 0.717) is 23.7 Å². The molecule has 3 aromatic carbocycles. The van der Waals surface area contributed by atoms with Gasteiger partial charge < -0.3 is 9.15 Å². The van der Waals surface area contributed by atoms with Crippen LogP contribution in [0.1, 0.15) is 29.7 Å². The summed E-state index contributed by atoms with van der Waals surface area (Å²) in [5.74, 6) is 0.856. The fourth-order valence-electron chi connectivity index (χ4n) is 4.27. The Balaban J connectivity index is 1.64. The van der Waals surface area contributed by atoms with Gasteiger partial charge in [0.2, 0.25) is 6.73 Å². The molecule has 0 fully saturated rings. The van der Waals surface area contributed by atoms with Gasteiger partial charge >= 0.3 is 5.63 Å². The maximum absolute atomic E-state index is 12.4. The molecule has 4 heteroatoms. The topological polar surface area (TPSA) is 43.9 Å². The van der Waals surface area contributed by atoms with E-state index in [2.05, 4.69) is 37.3 Å². The summed E-state index contributed by atoms with van der Waals surface area (Å²) in [4.78, 5) is 13.8. The maximum Gasteiger partial charge on any atom is 0.344 e. The number of fused-ring (bicyclic) bond motifs is 4. The monoisotopic (exact) mass is 372 g/mol. The van der Waals surface area contributed by atoms with Crippen LogP contribution in [0.2, 0.25) is 0 Å². The van der Waals surface area contributed by atoms with E-state index in [-0.39, 0.29) is 5.63 Å². The zero-order valence-corrected chi connectivity index (χ0v) is 16.0. The summed E-state index contributed by atoms with van der Waals surface area (Å²) in [6.45, 7) is 5.68. The molecule has 1 aliphatic rings. The predicted octanol–water partition coefficient (Wildman–Crippen LogP) is 3.75. The van der Waals surface area contributed by atoms with Crippen molar-refractivity contribution in [3.63, 3.8) is 0 Å². The van der Waals surface area contributed by atoms with E-state index in [0.717, 1.165) is 34.2 Å². The Hall–Kier alpha value is -3.11. The van der Waals surface area contributed by atoms with Crippen molar-refractivity contribution in [3.05, 3.63) is 87.8 Å². The number of rotatable bonds is 2. The van der Waals surface area contributed by atoms with E-state index in [1.165, 1.54) is 10.5 Å². The van der Waals surface area contributed by atoms with Crippen LogP contribution in [0.5, 0.6) is 5.75 Å². The summed E-state index contributed by atoms with van der Waals surface area (Å²) in [5.41, 5.74) is 3.70. The Labute approximate surface area is 163 Å². The van der Waals surface area contributed by atoms with Gasteiger partial charge in [-0.2, -0.15) is 0 Å². The Morgan fingerprint density at radius 1 is 0.964 bits per heavy atom. The van der Waals surface area contributed by atoms with Crippen molar-refractivity contribution in [3.8, 4) is 5.75 Å². The first-order valence-electron chi connectivity index (χ1n) is 9.64. The normalized spacial score (nSPS) is 17.3. The van der Waals surface area contributed by atoms with E-state index in [9.17, 15) is 4.79 Å². The van der Waals surface area contributed by atoms with Crippen molar-refractivity contribution in [1.29, 1.82) is 0 Å². The highest BCUT2D eigenvalue weighted by Gasteiger charge is 2.29. The molecule has 1 aromatic heterocycles. The quantitative estimate of drug-likeness (QED) is 0.431. The third-order valence-corrected chi connectivity index (χ3v) is 5.90. The standard InChI is InChI=1S/C24H21NO3/c1-15-22-18(13-25(14-27-22)16(2)17-8-4-3-5-9-17)12-21-19-10-6-7-11-20(19)24(26)28-23(15)21/h3-12,16H,13-14H2,1-2H3/p+1/t16-/m1/s1. The van der Waals surface area contributed by atoms with Crippen LogP contribution in [0.15, 0.2) is 69.9 Å². The van der Waals surface area contributed by atoms with E-state index in [1.807, 2.05) is 37.3 Å². The fourth-order valence-corrected chi connectivity index (χ4v) is 4.27. The lowest BCUT2D eigenvalue weighted by Gasteiger charge is -2.31. The minimum atomic E-state index is -0.299. The van der Waals surface area contributed by atoms with Crippen LogP contribution in [0.3, 0.4) is 0 Å². The van der Waals surface area contributed by atoms with Crippen LogP contribution < -0.4 is 15.3 Å². The molecule has 4 nitrogen and oxygen atoms in total. The number of hydrogen-bond donors (Lipinski definition) is 1. The second kappa shape index (κ2) is 6.50. The van der Waals surface area contributed by atoms with Gasteiger partial charge in [0.15, 0.2) is 0 Å². The maximum atomic E-state index is 12.4. The Bertz CT molecular complexity index is 1240. The molecule has 0 spiro atoms. The number of quaternary nitrogens is 1. The van der Waals surface area contributed by atoms with Crippen molar-refractivity contribution in [2.45, 2.75) is 26.4 Å². The number of hydrogen-bond acceptors (Lipinski definition) is 3. The van der Waals surface area contributed by atoms with Gasteiger partial charge in [-0.3, -0.25) is 4.90 Å². The Kier molecular flexibility index (Phi) is 3.95. The van der Waals surface area contributed by atoms with Gasteiger partial charge in [-0.1, -0.05) is 48.5 Å². The second-order valence-corrected chi connectivity index (χ2v) is 7.56. The third-order valence-electron chi connectivity index (χ3n) is 5.90. The van der Waals surface area contributed by atoms with Gasteiger partial charge in [-0.15, -0.1) is 0 Å². The van der Waals surface area contributed by atoms with Crippen molar-refractivity contribution < 1.29 is 14.1 Å². The molecule has 0 bridgehead atoms. The average Bonchev–Trinajstić information content (AvgIpc) is 2.75. The van der Waals surface area contributed by atoms with Crippen LogP contribution in [0.25, 0.3) is 21.7 Å². The molecule has 140 valence electrons. The Morgan fingerprint density at radius 3 is 2.46 bits per heavy atom. The summed E-state index contributed by atoms with van der Waals surface area (Å²) in [6, 6.07) is 20.6. The third kappa shape index (κ3) is 2.60. The SMILES string of the molecule is Cc1c2c(cc3c1oc(=O)c1ccccc13)C[NH+]([C@H](C)c1ccccc1)CO2. The molecule has 0 amide bonds. The second-order valence-electron chi connectivity index (χ2n) is 7.56. The van der Waals surface area contributed by atoms with Gasteiger partial charge in [0, 0.05) is 22.1 Å². The number of nitrogens with one attached hydrogen (secondary N) is 1. The minimum Gasteiger partial charge on any atom is -0.444 e. The first-order chi connectivity index (χ1) is 13.6. The van der Waals surface area contributed by atoms with Crippen molar-refractivity contribution in [2.24, 2.45) is 0 Å². The van der Waals surface area contributed by atoms with Crippen LogP contribution in [0.4, 0.5) is 0 Å². The first kappa shape index (κ1) is 17.0. The molecular weight excluding hydrogens is 350 g/mol. The van der Waals surface area contributed by atoms with Crippen molar-refractivity contribution in [2.75, 3.05) is 6.73 Å². The summed E-state index contributed by atoms with van der Waals surface area (Å²) >= 11 is 0. The number of aryl methyl sites for hydroxylation is 1. The predicted molar refractivity (Wildman–Crippen MR) is 110 cm³/mol. The zero-order valence-electron chi connectivity index (χ0n) is 16.0. The summed E-state index contributed by atoms with van der Waals surface area (Å²) in [7, 11) is 0. The molecule has 0 radical (unpaired) electrons. The van der Waals surface area contributed by atoms with E-state index in [1.54, 1.807) is 0 Å². The highest BCUT2D eigenvalue weighted by molar-refractivity contribution is 6.06. The lowest BCUT2D eigenvalue weighted by Crippen LogP contribution is -3.12. The highest BCUT2D eigenvalue weighted by Crippen LogP contribution is 2.35. The molecule has 2 heterocycles.